The predicted octanol–water partition coefficient (Wildman–Crippen LogP) is 1.64. The molecule has 0 atom stereocenters. The third kappa shape index (κ3) is 5.52. The fourth-order valence-corrected chi connectivity index (χ4v) is 2.58. The first-order chi connectivity index (χ1) is 9.52. The largest absolute Gasteiger partial charge is 0.405 e. The lowest BCUT2D eigenvalue weighted by atomic mass is 10.4. The van der Waals surface area contributed by atoms with Gasteiger partial charge in [0.25, 0.3) is 0 Å². The Kier molecular flexibility index (Phi) is 5.60. The third-order valence-electron chi connectivity index (χ3n) is 2.37. The summed E-state index contributed by atoms with van der Waals surface area (Å²) >= 11 is 5.63. The van der Waals surface area contributed by atoms with Gasteiger partial charge in [0, 0.05) is 12.1 Å². The summed E-state index contributed by atoms with van der Waals surface area (Å²) in [5.41, 5.74) is 0. The Bertz CT molecular complexity index is 602. The van der Waals surface area contributed by atoms with Crippen molar-refractivity contribution in [1.29, 1.82) is 0 Å². The molecule has 21 heavy (non-hydrogen) atoms. The van der Waals surface area contributed by atoms with Gasteiger partial charge in [-0.15, -0.1) is 0 Å². The van der Waals surface area contributed by atoms with Crippen molar-refractivity contribution in [3.05, 3.63) is 29.3 Å². The maximum Gasteiger partial charge on any atom is 0.405 e. The lowest BCUT2D eigenvalue weighted by Gasteiger charge is -2.17. The van der Waals surface area contributed by atoms with Crippen LogP contribution in [0.4, 0.5) is 13.2 Å². The summed E-state index contributed by atoms with van der Waals surface area (Å²) < 4.78 is 60.6. The van der Waals surface area contributed by atoms with Crippen LogP contribution in [0.15, 0.2) is 29.2 Å². The zero-order valence-corrected chi connectivity index (χ0v) is 12.4. The van der Waals surface area contributed by atoms with E-state index in [1.807, 2.05) is 0 Å². The van der Waals surface area contributed by atoms with Crippen molar-refractivity contribution in [3.63, 3.8) is 0 Å². The van der Waals surface area contributed by atoms with Crippen LogP contribution in [0.5, 0.6) is 0 Å². The lowest BCUT2D eigenvalue weighted by Crippen LogP contribution is -2.41. The number of amides is 1. The molecule has 0 unspecified atom stereocenters. The summed E-state index contributed by atoms with van der Waals surface area (Å²) in [5.74, 6) is -1.05. The number of alkyl halides is 3. The number of carbonyl (C=O) groups excluding carboxylic acids is 1. The summed E-state index contributed by atoms with van der Waals surface area (Å²) in [6.45, 7) is -2.23. The average Bonchev–Trinajstić information content (AvgIpc) is 2.36. The Morgan fingerprint density at radius 2 is 1.81 bits per heavy atom. The second-order valence-electron chi connectivity index (χ2n) is 4.11. The van der Waals surface area contributed by atoms with Crippen LogP contribution in [-0.4, -0.2) is 44.9 Å². The fourth-order valence-electron chi connectivity index (χ4n) is 1.33. The van der Waals surface area contributed by atoms with E-state index in [-0.39, 0.29) is 4.90 Å². The Balaban J connectivity index is 2.72. The first kappa shape index (κ1) is 17.7. The highest BCUT2D eigenvalue weighted by Gasteiger charge is 2.29. The smallest absolute Gasteiger partial charge is 0.346 e. The highest BCUT2D eigenvalue weighted by Crippen LogP contribution is 2.17. The summed E-state index contributed by atoms with van der Waals surface area (Å²) in [6.07, 6.45) is -4.55. The normalized spacial score (nSPS) is 12.5. The molecule has 0 aliphatic carbocycles. The molecule has 0 radical (unpaired) electrons. The van der Waals surface area contributed by atoms with E-state index >= 15 is 0 Å². The number of benzene rings is 1. The highest BCUT2D eigenvalue weighted by molar-refractivity contribution is 7.89. The van der Waals surface area contributed by atoms with Gasteiger partial charge in [0.2, 0.25) is 15.9 Å². The maximum absolute atomic E-state index is 12.1. The molecule has 0 fully saturated rings. The summed E-state index contributed by atoms with van der Waals surface area (Å²) in [6, 6.07) is 5.18. The zero-order valence-electron chi connectivity index (χ0n) is 10.8. The number of nitrogens with zero attached hydrogens (tertiary/aromatic N) is 1. The molecule has 0 spiro atoms. The van der Waals surface area contributed by atoms with Crippen LogP contribution in [0.25, 0.3) is 0 Å². The van der Waals surface area contributed by atoms with Gasteiger partial charge in [-0.25, -0.2) is 8.42 Å². The monoisotopic (exact) mass is 344 g/mol. The number of hydrogen-bond donors (Lipinski definition) is 1. The quantitative estimate of drug-likeness (QED) is 0.883. The minimum absolute atomic E-state index is 0.113. The van der Waals surface area contributed by atoms with Crippen LogP contribution >= 0.6 is 11.6 Å². The molecule has 1 aromatic rings. The molecule has 5 nitrogen and oxygen atoms in total. The third-order valence-corrected chi connectivity index (χ3v) is 4.44. The number of likely N-dealkylation sites (N-methyl/N-ethyl adjacent to an activating group) is 1. The van der Waals surface area contributed by atoms with Crippen LogP contribution in [-0.2, 0) is 14.8 Å². The van der Waals surface area contributed by atoms with Gasteiger partial charge in [-0.3, -0.25) is 4.79 Å². The van der Waals surface area contributed by atoms with E-state index in [4.69, 9.17) is 11.6 Å². The molecule has 1 amide bonds. The van der Waals surface area contributed by atoms with Crippen LogP contribution in [0.3, 0.4) is 0 Å². The molecular weight excluding hydrogens is 333 g/mol. The zero-order chi connectivity index (χ0) is 16.3. The van der Waals surface area contributed by atoms with Gasteiger partial charge in [0.1, 0.15) is 6.54 Å². The van der Waals surface area contributed by atoms with Crippen molar-refractivity contribution in [3.8, 4) is 0 Å². The molecule has 0 saturated carbocycles. The SMILES string of the molecule is CN(CC(=O)NCC(F)(F)F)S(=O)(=O)c1ccc(Cl)cc1. The molecule has 0 bridgehead atoms. The van der Waals surface area contributed by atoms with Crippen molar-refractivity contribution >= 4 is 27.5 Å². The molecule has 10 heteroatoms. The Morgan fingerprint density at radius 3 is 2.29 bits per heavy atom. The van der Waals surface area contributed by atoms with Crippen molar-refractivity contribution in [2.45, 2.75) is 11.1 Å². The average molecular weight is 345 g/mol. The number of nitrogens with one attached hydrogen (secondary N) is 1. The van der Waals surface area contributed by atoms with Crippen LogP contribution < -0.4 is 5.32 Å². The van der Waals surface area contributed by atoms with Crippen LogP contribution in [0, 0.1) is 0 Å². The minimum Gasteiger partial charge on any atom is -0.346 e. The van der Waals surface area contributed by atoms with Gasteiger partial charge in [-0.1, -0.05) is 11.6 Å². The van der Waals surface area contributed by atoms with Crippen LogP contribution in [0.2, 0.25) is 5.02 Å². The number of carbonyl (C=O) groups is 1. The topological polar surface area (TPSA) is 66.5 Å². The van der Waals surface area contributed by atoms with Gasteiger partial charge < -0.3 is 5.32 Å². The maximum atomic E-state index is 12.1. The van der Waals surface area contributed by atoms with Crippen molar-refractivity contribution < 1.29 is 26.4 Å². The molecule has 0 aromatic heterocycles. The van der Waals surface area contributed by atoms with Crippen molar-refractivity contribution in [2.24, 2.45) is 0 Å². The highest BCUT2D eigenvalue weighted by atomic mass is 35.5. The second-order valence-corrected chi connectivity index (χ2v) is 6.59. The van der Waals surface area contributed by atoms with Gasteiger partial charge in [-0.05, 0) is 24.3 Å². The summed E-state index contributed by atoms with van der Waals surface area (Å²) in [4.78, 5) is 11.2. The van der Waals surface area contributed by atoms with E-state index in [0.29, 0.717) is 9.33 Å². The molecule has 0 aliphatic heterocycles. The number of hydrogen-bond acceptors (Lipinski definition) is 3. The molecule has 1 rings (SSSR count). The van der Waals surface area contributed by atoms with Crippen molar-refractivity contribution in [2.75, 3.05) is 20.1 Å². The van der Waals surface area contributed by atoms with Gasteiger partial charge >= 0.3 is 6.18 Å². The van der Waals surface area contributed by atoms with E-state index in [0.717, 1.165) is 7.05 Å². The number of sulfonamides is 1. The van der Waals surface area contributed by atoms with E-state index in [2.05, 4.69) is 0 Å². The van der Waals surface area contributed by atoms with Crippen LogP contribution in [0.1, 0.15) is 0 Å². The van der Waals surface area contributed by atoms with Gasteiger partial charge in [0.15, 0.2) is 0 Å². The first-order valence-corrected chi connectivity index (χ1v) is 7.39. The van der Waals surface area contributed by atoms with E-state index in [1.54, 1.807) is 5.32 Å². The lowest BCUT2D eigenvalue weighted by molar-refractivity contribution is -0.138. The number of halogens is 4. The van der Waals surface area contributed by atoms with Gasteiger partial charge in [-0.2, -0.15) is 17.5 Å². The second kappa shape index (κ2) is 6.63. The van der Waals surface area contributed by atoms with E-state index in [9.17, 15) is 26.4 Å². The molecule has 0 aliphatic rings. The molecule has 0 heterocycles. The summed E-state index contributed by atoms with van der Waals surface area (Å²) in [7, 11) is -2.88. The Labute approximate surface area is 124 Å². The molecule has 1 aromatic carbocycles. The predicted molar refractivity (Wildman–Crippen MR) is 70.3 cm³/mol. The minimum atomic E-state index is -4.55. The standard InChI is InChI=1S/C11H12ClF3N2O3S/c1-17(6-10(18)16-7-11(13,14)15)21(19,20)9-4-2-8(12)3-5-9/h2-5H,6-7H2,1H3,(H,16,18). The van der Waals surface area contributed by atoms with Gasteiger partial charge in [0.05, 0.1) is 11.4 Å². The molecule has 0 saturated heterocycles. The fraction of sp³-hybridized carbons (Fsp3) is 0.364. The Hall–Kier alpha value is -1.32. The van der Waals surface area contributed by atoms with Crippen molar-refractivity contribution in [1.82, 2.24) is 9.62 Å². The summed E-state index contributed by atoms with van der Waals surface area (Å²) in [5, 5.41) is 1.93. The molecular formula is C11H12ClF3N2O3S. The molecule has 118 valence electrons. The Morgan fingerprint density at radius 1 is 1.29 bits per heavy atom. The van der Waals surface area contributed by atoms with E-state index < -0.39 is 35.2 Å². The number of rotatable bonds is 5. The van der Waals surface area contributed by atoms with E-state index in [1.165, 1.54) is 24.3 Å². The molecule has 1 N–H and O–H groups in total. The first-order valence-electron chi connectivity index (χ1n) is 5.58.